The van der Waals surface area contributed by atoms with Crippen LogP contribution < -0.4 is 5.43 Å². The van der Waals surface area contributed by atoms with Gasteiger partial charge in [-0.2, -0.15) is 14.9 Å². The fraction of sp³-hybridized carbons (Fsp3) is 0.0667. The number of aryl methyl sites for hydroxylation is 1. The molecule has 7 nitrogen and oxygen atoms in total. The number of aromatic hydroxyl groups is 1. The summed E-state index contributed by atoms with van der Waals surface area (Å²) < 4.78 is 6.79. The molecule has 3 rings (SSSR count). The number of nitrogens with zero attached hydrogens (tertiary/aromatic N) is 3. The zero-order valence-corrected chi connectivity index (χ0v) is 12.9. The first-order valence-electron chi connectivity index (χ1n) is 6.65. The van der Waals surface area contributed by atoms with Crippen LogP contribution in [0.5, 0.6) is 5.75 Å². The van der Waals surface area contributed by atoms with Gasteiger partial charge in [0.2, 0.25) is 10.2 Å². The summed E-state index contributed by atoms with van der Waals surface area (Å²) in [5.41, 5.74) is 1.42. The van der Waals surface area contributed by atoms with Crippen LogP contribution in [-0.2, 0) is 0 Å². The van der Waals surface area contributed by atoms with Crippen molar-refractivity contribution in [2.45, 2.75) is 6.92 Å². The van der Waals surface area contributed by atoms with E-state index in [9.17, 15) is 4.79 Å². The molecule has 1 aromatic carbocycles. The van der Waals surface area contributed by atoms with Gasteiger partial charge in [0.15, 0.2) is 17.3 Å². The van der Waals surface area contributed by atoms with Gasteiger partial charge >= 0.3 is 0 Å². The molecule has 0 saturated heterocycles. The number of H-pyrrole nitrogens is 1. The van der Waals surface area contributed by atoms with Crippen LogP contribution in [0.1, 0.15) is 11.3 Å². The largest absolute Gasteiger partial charge is 0.502 e. The van der Waals surface area contributed by atoms with Crippen LogP contribution in [0.25, 0.3) is 11.4 Å². The van der Waals surface area contributed by atoms with E-state index in [4.69, 9.17) is 21.7 Å². The highest BCUT2D eigenvalue weighted by Crippen LogP contribution is 2.17. The van der Waals surface area contributed by atoms with Crippen LogP contribution in [-0.4, -0.2) is 26.2 Å². The van der Waals surface area contributed by atoms with Gasteiger partial charge in [-0.25, -0.2) is 5.10 Å². The Bertz CT molecular complexity index is 983. The number of benzene rings is 1. The van der Waals surface area contributed by atoms with E-state index in [1.165, 1.54) is 10.9 Å². The minimum Gasteiger partial charge on any atom is -0.502 e. The van der Waals surface area contributed by atoms with Gasteiger partial charge in [-0.15, -0.1) is 0 Å². The molecule has 2 heterocycles. The molecule has 0 aliphatic rings. The van der Waals surface area contributed by atoms with Crippen molar-refractivity contribution in [3.63, 3.8) is 0 Å². The lowest BCUT2D eigenvalue weighted by molar-refractivity contribution is 0.427. The normalized spacial score (nSPS) is 11.2. The number of hydrogen-bond acceptors (Lipinski definition) is 6. The standard InChI is InChI=1S/C15H12N4O3S/c1-9-2-4-10(5-3-9)14-17-18-15(23)19(14)16-7-11-6-12(20)13(21)8-22-11/h2-8,21H,1H3,(H,18,23). The van der Waals surface area contributed by atoms with Gasteiger partial charge in [-0.1, -0.05) is 29.8 Å². The zero-order chi connectivity index (χ0) is 16.4. The zero-order valence-electron chi connectivity index (χ0n) is 12.1. The van der Waals surface area contributed by atoms with Gasteiger partial charge in [0.05, 0.1) is 6.21 Å². The second-order valence-corrected chi connectivity index (χ2v) is 5.19. The monoisotopic (exact) mass is 328 g/mol. The average Bonchev–Trinajstić information content (AvgIpc) is 2.90. The number of rotatable bonds is 3. The molecule has 0 aliphatic heterocycles. The fourth-order valence-electron chi connectivity index (χ4n) is 1.89. The highest BCUT2D eigenvalue weighted by Gasteiger charge is 2.08. The van der Waals surface area contributed by atoms with E-state index in [1.54, 1.807) is 0 Å². The molecular weight excluding hydrogens is 316 g/mol. The van der Waals surface area contributed by atoms with Crippen LogP contribution >= 0.6 is 12.2 Å². The van der Waals surface area contributed by atoms with Crippen LogP contribution in [0.3, 0.4) is 0 Å². The summed E-state index contributed by atoms with van der Waals surface area (Å²) in [6, 6.07) is 8.87. The highest BCUT2D eigenvalue weighted by molar-refractivity contribution is 7.71. The lowest BCUT2D eigenvalue weighted by Crippen LogP contribution is -2.00. The number of aromatic amines is 1. The van der Waals surface area contributed by atoms with Crippen molar-refractivity contribution < 1.29 is 9.52 Å². The summed E-state index contributed by atoms with van der Waals surface area (Å²) in [5.74, 6) is 0.264. The fourth-order valence-corrected chi connectivity index (χ4v) is 2.07. The molecule has 0 atom stereocenters. The quantitative estimate of drug-likeness (QED) is 0.569. The lowest BCUT2D eigenvalue weighted by Gasteiger charge is -2.01. The molecule has 0 saturated carbocycles. The third-order valence-corrected chi connectivity index (χ3v) is 3.36. The molecule has 116 valence electrons. The molecule has 3 aromatic rings. The third-order valence-electron chi connectivity index (χ3n) is 3.09. The first kappa shape index (κ1) is 14.9. The van der Waals surface area contributed by atoms with E-state index in [2.05, 4.69) is 15.3 Å². The van der Waals surface area contributed by atoms with Crippen molar-refractivity contribution in [1.82, 2.24) is 14.9 Å². The predicted molar refractivity (Wildman–Crippen MR) is 87.2 cm³/mol. The van der Waals surface area contributed by atoms with Crippen LogP contribution in [0.2, 0.25) is 0 Å². The van der Waals surface area contributed by atoms with Gasteiger partial charge in [-0.05, 0) is 19.1 Å². The maximum Gasteiger partial charge on any atom is 0.227 e. The van der Waals surface area contributed by atoms with Crippen molar-refractivity contribution >= 4 is 18.4 Å². The molecule has 2 aromatic heterocycles. The molecule has 8 heteroatoms. The summed E-state index contributed by atoms with van der Waals surface area (Å²) in [4.78, 5) is 11.4. The summed E-state index contributed by atoms with van der Waals surface area (Å²) in [5, 5.41) is 20.2. The molecule has 0 fully saturated rings. The maximum absolute atomic E-state index is 11.4. The van der Waals surface area contributed by atoms with Gasteiger partial charge < -0.3 is 9.52 Å². The Hall–Kier alpha value is -3.00. The predicted octanol–water partition coefficient (Wildman–Crippen LogP) is 2.46. The van der Waals surface area contributed by atoms with E-state index in [0.29, 0.717) is 10.6 Å². The SMILES string of the molecule is Cc1ccc(-c2n[nH]c(=S)n2N=Cc2cc(=O)c(O)co2)cc1. The van der Waals surface area contributed by atoms with Gasteiger partial charge in [0.25, 0.3) is 0 Å². The average molecular weight is 328 g/mol. The van der Waals surface area contributed by atoms with E-state index in [1.807, 2.05) is 31.2 Å². The van der Waals surface area contributed by atoms with E-state index in [-0.39, 0.29) is 5.76 Å². The first-order valence-corrected chi connectivity index (χ1v) is 7.06. The molecule has 0 amide bonds. The Kier molecular flexibility index (Phi) is 3.90. The maximum atomic E-state index is 11.4. The van der Waals surface area contributed by atoms with Crippen molar-refractivity contribution in [3.8, 4) is 17.1 Å². The van der Waals surface area contributed by atoms with Crippen molar-refractivity contribution in [3.05, 3.63) is 62.9 Å². The molecule has 0 spiro atoms. The summed E-state index contributed by atoms with van der Waals surface area (Å²) in [7, 11) is 0. The Labute approximate surface area is 135 Å². The molecule has 0 bridgehead atoms. The first-order chi connectivity index (χ1) is 11.0. The van der Waals surface area contributed by atoms with E-state index in [0.717, 1.165) is 23.5 Å². The molecule has 0 radical (unpaired) electrons. The second-order valence-electron chi connectivity index (χ2n) is 4.81. The molecule has 23 heavy (non-hydrogen) atoms. The molecule has 0 unspecified atom stereocenters. The topological polar surface area (TPSA) is 96.4 Å². The Morgan fingerprint density at radius 3 is 2.83 bits per heavy atom. The molecular formula is C15H12N4O3S. The Morgan fingerprint density at radius 1 is 1.39 bits per heavy atom. The number of hydrogen-bond donors (Lipinski definition) is 2. The van der Waals surface area contributed by atoms with Crippen molar-refractivity contribution in [2.75, 3.05) is 0 Å². The van der Waals surface area contributed by atoms with E-state index >= 15 is 0 Å². The van der Waals surface area contributed by atoms with Crippen LogP contribution in [0.15, 0.2) is 50.9 Å². The molecule has 0 aliphatic carbocycles. The Balaban J connectivity index is 2.00. The van der Waals surface area contributed by atoms with E-state index < -0.39 is 11.2 Å². The highest BCUT2D eigenvalue weighted by atomic mass is 32.1. The van der Waals surface area contributed by atoms with Crippen molar-refractivity contribution in [2.24, 2.45) is 5.10 Å². The minimum absolute atomic E-state index is 0.186. The van der Waals surface area contributed by atoms with Crippen LogP contribution in [0.4, 0.5) is 0 Å². The summed E-state index contributed by atoms with van der Waals surface area (Å²) in [6.07, 6.45) is 2.28. The number of aromatic nitrogens is 3. The Morgan fingerprint density at radius 2 is 2.13 bits per heavy atom. The summed E-state index contributed by atoms with van der Waals surface area (Å²) in [6.45, 7) is 1.99. The summed E-state index contributed by atoms with van der Waals surface area (Å²) >= 11 is 5.16. The number of nitrogens with one attached hydrogen (secondary N) is 1. The van der Waals surface area contributed by atoms with Gasteiger partial charge in [0.1, 0.15) is 6.26 Å². The smallest absolute Gasteiger partial charge is 0.227 e. The lowest BCUT2D eigenvalue weighted by atomic mass is 10.1. The van der Waals surface area contributed by atoms with Gasteiger partial charge in [-0.3, -0.25) is 4.79 Å². The van der Waals surface area contributed by atoms with Crippen molar-refractivity contribution in [1.29, 1.82) is 0 Å². The van der Waals surface area contributed by atoms with Crippen LogP contribution in [0, 0.1) is 11.7 Å². The minimum atomic E-state index is -0.549. The third kappa shape index (κ3) is 3.11. The second kappa shape index (κ2) is 6.01. The molecule has 2 N–H and O–H groups in total. The van der Waals surface area contributed by atoms with Gasteiger partial charge in [0, 0.05) is 11.6 Å².